The summed E-state index contributed by atoms with van der Waals surface area (Å²) in [5.41, 5.74) is 4.48. The van der Waals surface area contributed by atoms with Gasteiger partial charge >= 0.3 is 0 Å². The lowest BCUT2D eigenvalue weighted by atomic mass is 9.86. The number of benzene rings is 3. The van der Waals surface area contributed by atoms with Gasteiger partial charge in [-0.3, -0.25) is 4.90 Å². The Bertz CT molecular complexity index is 1090. The van der Waals surface area contributed by atoms with Crippen LogP contribution in [0.25, 0.3) is 0 Å². The Hall–Kier alpha value is -2.51. The number of hydrogen-bond acceptors (Lipinski definition) is 7. The molecule has 0 saturated heterocycles. The lowest BCUT2D eigenvalue weighted by molar-refractivity contribution is -0.432. The van der Waals surface area contributed by atoms with Crippen LogP contribution in [-0.4, -0.2) is 28.6 Å². The highest BCUT2D eigenvalue weighted by atomic mass is 31.2. The second-order valence-electron chi connectivity index (χ2n) is 9.43. The van der Waals surface area contributed by atoms with Gasteiger partial charge in [0.05, 0.1) is 6.61 Å². The molecule has 0 aliphatic rings. The van der Waals surface area contributed by atoms with Crippen molar-refractivity contribution in [2.45, 2.75) is 65.3 Å². The quantitative estimate of drug-likeness (QED) is 0.379. The highest BCUT2D eigenvalue weighted by Crippen LogP contribution is 2.36. The Morgan fingerprint density at radius 1 is 0.838 bits per heavy atom. The number of hydrogen-bond donors (Lipinski definition) is 1. The number of aliphatic hydroxyl groups is 1. The van der Waals surface area contributed by atoms with Gasteiger partial charge in [-0.05, 0) is 69.5 Å². The maximum Gasteiger partial charge on any atom is 0.123 e. The predicted octanol–water partition coefficient (Wildman–Crippen LogP) is 3.57. The molecule has 0 bridgehead atoms. The molecule has 0 radical (unpaired) electrons. The van der Waals surface area contributed by atoms with Gasteiger partial charge in [-0.25, -0.2) is 0 Å². The minimum Gasteiger partial charge on any atom is -0.822 e. The summed E-state index contributed by atoms with van der Waals surface area (Å²) in [6.45, 7) is 10.6. The van der Waals surface area contributed by atoms with Crippen molar-refractivity contribution in [1.29, 1.82) is 0 Å². The molecular weight excluding hydrogens is 489 g/mol. The Labute approximate surface area is 220 Å². The van der Waals surface area contributed by atoms with E-state index in [1.807, 2.05) is 30.3 Å². The third-order valence-corrected chi connectivity index (χ3v) is 6.07. The highest BCUT2D eigenvalue weighted by molar-refractivity contribution is 7.40. The summed E-state index contributed by atoms with van der Waals surface area (Å²) >= 11 is 0. The fraction of sp³-hybridized carbons (Fsp3) is 0.379. The fourth-order valence-corrected chi connectivity index (χ4v) is 4.41. The van der Waals surface area contributed by atoms with Crippen molar-refractivity contribution in [3.05, 3.63) is 101 Å². The third kappa shape index (κ3) is 11.2. The average molecular weight is 527 g/mol. The summed E-state index contributed by atoms with van der Waals surface area (Å²) in [7, 11) is -5.39. The van der Waals surface area contributed by atoms with Crippen molar-refractivity contribution in [3.63, 3.8) is 0 Å². The van der Waals surface area contributed by atoms with Crippen LogP contribution >= 0.6 is 7.82 Å². The molecule has 3 rings (SSSR count). The van der Waals surface area contributed by atoms with Gasteiger partial charge in [-0.2, -0.15) is 7.82 Å². The van der Waals surface area contributed by atoms with E-state index in [0.29, 0.717) is 18.7 Å². The summed E-state index contributed by atoms with van der Waals surface area (Å²) in [5, 5.41) is 9.83. The first-order chi connectivity index (χ1) is 17.5. The summed E-state index contributed by atoms with van der Waals surface area (Å²) in [5.74, 6) is 1.08. The van der Waals surface area contributed by atoms with Crippen LogP contribution in [0.3, 0.4) is 0 Å². The van der Waals surface area contributed by atoms with Crippen molar-refractivity contribution in [2.75, 3.05) is 6.54 Å². The summed E-state index contributed by atoms with van der Waals surface area (Å²) in [4.78, 5) is 28.2. The highest BCUT2D eigenvalue weighted by Gasteiger charge is 2.22. The van der Waals surface area contributed by atoms with Crippen molar-refractivity contribution >= 4 is 7.82 Å². The molecule has 8 heteroatoms. The smallest absolute Gasteiger partial charge is 0.123 e. The maximum atomic E-state index is 9.83. The first-order valence-corrected chi connectivity index (χ1v) is 13.9. The second kappa shape index (κ2) is 15.0. The van der Waals surface area contributed by atoms with E-state index in [0.717, 1.165) is 35.4 Å². The molecule has 0 amide bonds. The lowest BCUT2D eigenvalue weighted by Gasteiger charge is -2.36. The van der Waals surface area contributed by atoms with Gasteiger partial charge in [0.1, 0.15) is 12.4 Å². The Morgan fingerprint density at radius 2 is 1.38 bits per heavy atom. The minimum atomic E-state index is -5.39. The van der Waals surface area contributed by atoms with E-state index in [9.17, 15) is 5.11 Å². The summed E-state index contributed by atoms with van der Waals surface area (Å²) < 4.78 is 14.9. The van der Waals surface area contributed by atoms with Gasteiger partial charge in [0.2, 0.25) is 0 Å². The molecule has 3 aromatic rings. The SMILES string of the molecule is CC(C)N(CC[C@H](c1ccccc1)c1cc(CO)ccc1OCc1ccccc1)C(C)C.O=P([O-])([O-])[O-]. The van der Waals surface area contributed by atoms with E-state index >= 15 is 0 Å². The molecule has 0 aliphatic heterocycles. The molecule has 37 heavy (non-hydrogen) atoms. The fourth-order valence-electron chi connectivity index (χ4n) is 4.41. The maximum absolute atomic E-state index is 9.83. The molecule has 0 aliphatic carbocycles. The van der Waals surface area contributed by atoms with Crippen LogP contribution in [0.1, 0.15) is 62.3 Å². The van der Waals surface area contributed by atoms with Crippen LogP contribution in [0.15, 0.2) is 78.9 Å². The standard InChI is InChI=1S/C29H37NO2.H3O4P/c1-22(2)30(23(3)4)18-17-27(26-13-9-6-10-14-26)28-19-25(20-31)15-16-29(28)32-21-24-11-7-5-8-12-24;1-5(2,3)4/h5-16,19,22-23,27,31H,17-18,20-21H2,1-4H3;(H3,1,2,3,4)/p-3/t27-;/m1./s1. The predicted molar refractivity (Wildman–Crippen MR) is 141 cm³/mol. The zero-order chi connectivity index (χ0) is 27.4. The molecule has 1 N–H and O–H groups in total. The van der Waals surface area contributed by atoms with Crippen LogP contribution in [0.4, 0.5) is 0 Å². The van der Waals surface area contributed by atoms with Gasteiger partial charge < -0.3 is 29.1 Å². The number of rotatable bonds is 11. The molecule has 3 aromatic carbocycles. The first-order valence-electron chi connectivity index (χ1n) is 12.4. The van der Waals surface area contributed by atoms with Crippen LogP contribution < -0.4 is 19.4 Å². The molecule has 0 unspecified atom stereocenters. The van der Waals surface area contributed by atoms with Gasteiger partial charge in [0.25, 0.3) is 0 Å². The number of nitrogens with zero attached hydrogens (tertiary/aromatic N) is 1. The van der Waals surface area contributed by atoms with Gasteiger partial charge in [-0.15, -0.1) is 0 Å². The third-order valence-electron chi connectivity index (χ3n) is 6.07. The molecule has 1 atom stereocenters. The molecule has 0 fully saturated rings. The number of phosphoric acid groups is 1. The topological polar surface area (TPSA) is 119 Å². The van der Waals surface area contributed by atoms with E-state index < -0.39 is 7.82 Å². The van der Waals surface area contributed by atoms with Gasteiger partial charge in [0.15, 0.2) is 0 Å². The number of ether oxygens (including phenoxy) is 1. The molecule has 0 saturated carbocycles. The lowest BCUT2D eigenvalue weighted by Crippen LogP contribution is -2.38. The minimum absolute atomic E-state index is 0.0254. The van der Waals surface area contributed by atoms with Gasteiger partial charge in [-0.1, -0.05) is 66.7 Å². The Kier molecular flexibility index (Phi) is 12.5. The van der Waals surface area contributed by atoms with Crippen LogP contribution in [0, 0.1) is 0 Å². The second-order valence-corrected chi connectivity index (χ2v) is 10.3. The Balaban J connectivity index is 0.000000877. The average Bonchev–Trinajstić information content (AvgIpc) is 2.85. The molecule has 7 nitrogen and oxygen atoms in total. The van der Waals surface area contributed by atoms with Gasteiger partial charge in [0, 0.05) is 23.6 Å². The van der Waals surface area contributed by atoms with Crippen molar-refractivity contribution in [3.8, 4) is 5.75 Å². The normalized spacial score (nSPS) is 12.4. The number of aliphatic hydroxyl groups excluding tert-OH is 1. The molecule has 0 heterocycles. The largest absolute Gasteiger partial charge is 0.822 e. The van der Waals surface area contributed by atoms with E-state index in [4.69, 9.17) is 24.0 Å². The van der Waals surface area contributed by atoms with E-state index in [1.165, 1.54) is 5.56 Å². The van der Waals surface area contributed by atoms with E-state index in [1.54, 1.807) is 0 Å². The molecular formula is C29H37NO6P-3. The van der Waals surface area contributed by atoms with Crippen molar-refractivity contribution in [2.24, 2.45) is 0 Å². The first kappa shape index (κ1) is 30.7. The van der Waals surface area contributed by atoms with Crippen molar-refractivity contribution < 1.29 is 29.1 Å². The van der Waals surface area contributed by atoms with E-state index in [-0.39, 0.29) is 12.5 Å². The summed E-state index contributed by atoms with van der Waals surface area (Å²) in [6, 6.07) is 28.0. The van der Waals surface area contributed by atoms with E-state index in [2.05, 4.69) is 81.1 Å². The molecule has 0 aromatic heterocycles. The molecule has 0 spiro atoms. The van der Waals surface area contributed by atoms with Crippen LogP contribution in [0.5, 0.6) is 5.75 Å². The zero-order valence-electron chi connectivity index (χ0n) is 21.9. The van der Waals surface area contributed by atoms with Crippen LogP contribution in [0.2, 0.25) is 0 Å². The van der Waals surface area contributed by atoms with Crippen LogP contribution in [-0.2, 0) is 17.8 Å². The van der Waals surface area contributed by atoms with Crippen molar-refractivity contribution in [1.82, 2.24) is 4.90 Å². The monoisotopic (exact) mass is 526 g/mol. The summed E-state index contributed by atoms with van der Waals surface area (Å²) in [6.07, 6.45) is 0.983. The zero-order valence-corrected chi connectivity index (χ0v) is 22.8. The molecule has 202 valence electrons. The Morgan fingerprint density at radius 3 is 1.89 bits per heavy atom.